The van der Waals surface area contributed by atoms with Gasteiger partial charge in [-0.1, -0.05) is 26.3 Å². The summed E-state index contributed by atoms with van der Waals surface area (Å²) in [7, 11) is 0. The summed E-state index contributed by atoms with van der Waals surface area (Å²) < 4.78 is 16.9. The van der Waals surface area contributed by atoms with Crippen LogP contribution in [0.25, 0.3) is 0 Å². The molecule has 154 valence electrons. The molecule has 0 saturated heterocycles. The van der Waals surface area contributed by atoms with E-state index in [4.69, 9.17) is 0 Å². The number of carboxylic acid groups (broad SMARTS) is 1. The molecule has 4 aliphatic carbocycles. The highest BCUT2D eigenvalue weighted by molar-refractivity contribution is 6.33. The Morgan fingerprint density at radius 3 is 2.54 bits per heavy atom. The number of aliphatic hydroxyl groups is 1. The van der Waals surface area contributed by atoms with Crippen molar-refractivity contribution in [3.05, 3.63) is 11.6 Å². The summed E-state index contributed by atoms with van der Waals surface area (Å²) in [6, 6.07) is 0. The Labute approximate surface area is 164 Å². The molecule has 0 aromatic rings. The maximum atomic E-state index is 16.9. The van der Waals surface area contributed by atoms with Gasteiger partial charge >= 0.3 is 5.97 Å². The molecule has 6 heteroatoms. The van der Waals surface area contributed by atoms with Gasteiger partial charge in [0, 0.05) is 23.7 Å². The van der Waals surface area contributed by atoms with E-state index in [0.717, 1.165) is 5.57 Å². The quantitative estimate of drug-likeness (QED) is 0.705. The zero-order valence-corrected chi connectivity index (χ0v) is 16.7. The van der Waals surface area contributed by atoms with Crippen LogP contribution in [0.1, 0.15) is 59.3 Å². The molecule has 0 heterocycles. The van der Waals surface area contributed by atoms with Crippen LogP contribution in [0, 0.1) is 34.5 Å². The number of aliphatic carboxylic acids is 1. The van der Waals surface area contributed by atoms with Crippen LogP contribution in [0.15, 0.2) is 11.6 Å². The Morgan fingerprint density at radius 1 is 1.21 bits per heavy atom. The number of Topliss-reactive ketones (excluding diaryl/α,β-unsaturated/α-hetero) is 1. The van der Waals surface area contributed by atoms with Crippen molar-refractivity contribution in [1.82, 2.24) is 0 Å². The molecule has 8 atom stereocenters. The Kier molecular flexibility index (Phi) is 4.21. The van der Waals surface area contributed by atoms with Crippen molar-refractivity contribution in [2.75, 3.05) is 0 Å². The number of rotatable bonds is 2. The highest BCUT2D eigenvalue weighted by Gasteiger charge is 2.72. The maximum absolute atomic E-state index is 16.9. The topological polar surface area (TPSA) is 91.7 Å². The second-order valence-corrected chi connectivity index (χ2v) is 10.1. The molecule has 5 nitrogen and oxygen atoms in total. The Hall–Kier alpha value is -1.56. The van der Waals surface area contributed by atoms with Crippen molar-refractivity contribution in [1.29, 1.82) is 0 Å². The number of carbonyl (C=O) groups excluding carboxylic acids is 2. The van der Waals surface area contributed by atoms with Gasteiger partial charge in [0.2, 0.25) is 5.78 Å². The van der Waals surface area contributed by atoms with Crippen LogP contribution >= 0.6 is 0 Å². The third-order valence-corrected chi connectivity index (χ3v) is 8.87. The second-order valence-electron chi connectivity index (χ2n) is 10.1. The van der Waals surface area contributed by atoms with Crippen molar-refractivity contribution < 1.29 is 29.0 Å². The Balaban J connectivity index is 1.79. The molecule has 4 aliphatic rings. The van der Waals surface area contributed by atoms with Crippen molar-refractivity contribution >= 4 is 17.5 Å². The molecule has 0 aromatic heterocycles. The molecule has 0 spiro atoms. The zero-order chi connectivity index (χ0) is 20.6. The summed E-state index contributed by atoms with van der Waals surface area (Å²) in [4.78, 5) is 35.8. The van der Waals surface area contributed by atoms with E-state index in [1.165, 1.54) is 0 Å². The lowest BCUT2D eigenvalue weighted by Crippen LogP contribution is -2.67. The first-order valence-electron chi connectivity index (χ1n) is 10.3. The largest absolute Gasteiger partial charge is 0.475 e. The number of aliphatic hydroxyl groups excluding tert-OH is 1. The fraction of sp³-hybridized carbons (Fsp3) is 0.773. The van der Waals surface area contributed by atoms with E-state index in [2.05, 4.69) is 0 Å². The molecule has 0 amide bonds. The minimum absolute atomic E-state index is 0.0197. The minimum atomic E-state index is -1.86. The minimum Gasteiger partial charge on any atom is -0.475 e. The highest BCUT2D eigenvalue weighted by atomic mass is 19.1. The number of halogens is 1. The number of hydrogen-bond acceptors (Lipinski definition) is 4. The van der Waals surface area contributed by atoms with Gasteiger partial charge < -0.3 is 10.2 Å². The lowest BCUT2D eigenvalue weighted by molar-refractivity contribution is -0.209. The zero-order valence-electron chi connectivity index (χ0n) is 16.7. The average Bonchev–Trinajstić information content (AvgIpc) is 2.86. The van der Waals surface area contributed by atoms with Gasteiger partial charge in [-0.05, 0) is 55.4 Å². The molecule has 0 unspecified atom stereocenters. The number of allylic oxidation sites excluding steroid dienone is 1. The summed E-state index contributed by atoms with van der Waals surface area (Å²) in [5, 5.41) is 20.4. The molecule has 3 saturated carbocycles. The van der Waals surface area contributed by atoms with Gasteiger partial charge in [-0.3, -0.25) is 9.59 Å². The van der Waals surface area contributed by atoms with E-state index in [1.54, 1.807) is 6.08 Å². The molecule has 0 aromatic carbocycles. The van der Waals surface area contributed by atoms with E-state index >= 15 is 4.39 Å². The molecular weight excluding hydrogens is 363 g/mol. The fourth-order valence-electron chi connectivity index (χ4n) is 7.63. The maximum Gasteiger partial charge on any atom is 0.372 e. The van der Waals surface area contributed by atoms with Gasteiger partial charge in [0.25, 0.3) is 0 Å². The third-order valence-electron chi connectivity index (χ3n) is 8.87. The number of fused-ring (bicyclic) bond motifs is 5. The van der Waals surface area contributed by atoms with Crippen molar-refractivity contribution in [2.45, 2.75) is 71.1 Å². The number of alkyl halides is 1. The van der Waals surface area contributed by atoms with Gasteiger partial charge in [-0.25, -0.2) is 9.18 Å². The van der Waals surface area contributed by atoms with Crippen LogP contribution < -0.4 is 0 Å². The van der Waals surface area contributed by atoms with Gasteiger partial charge in [0.15, 0.2) is 5.78 Å². The molecule has 0 radical (unpaired) electrons. The lowest BCUT2D eigenvalue weighted by atomic mass is 9.44. The van der Waals surface area contributed by atoms with Crippen molar-refractivity contribution in [3.8, 4) is 0 Å². The van der Waals surface area contributed by atoms with Gasteiger partial charge in [-0.15, -0.1) is 0 Å². The molecular formula is C22H29FO5. The van der Waals surface area contributed by atoms with Gasteiger partial charge in [0.05, 0.1) is 6.10 Å². The molecule has 3 fully saturated rings. The predicted molar refractivity (Wildman–Crippen MR) is 99.1 cm³/mol. The summed E-state index contributed by atoms with van der Waals surface area (Å²) in [5.41, 5.74) is -2.67. The van der Waals surface area contributed by atoms with E-state index in [9.17, 15) is 24.6 Å². The first-order chi connectivity index (χ1) is 13.0. The molecule has 0 aliphatic heterocycles. The Bertz CT molecular complexity index is 790. The van der Waals surface area contributed by atoms with Crippen molar-refractivity contribution in [2.24, 2.45) is 34.5 Å². The van der Waals surface area contributed by atoms with E-state index in [0.29, 0.717) is 25.7 Å². The summed E-state index contributed by atoms with van der Waals surface area (Å²) in [6.45, 7) is 5.58. The van der Waals surface area contributed by atoms with Gasteiger partial charge in [-0.2, -0.15) is 0 Å². The van der Waals surface area contributed by atoms with E-state index in [-0.39, 0.29) is 30.5 Å². The summed E-state index contributed by atoms with van der Waals surface area (Å²) in [6.07, 6.45) is 2.77. The predicted octanol–water partition coefficient (Wildman–Crippen LogP) is 3.10. The molecule has 2 N–H and O–H groups in total. The van der Waals surface area contributed by atoms with Crippen LogP contribution in [0.3, 0.4) is 0 Å². The SMILES string of the molecule is C[C@@H]1C[C@H]2[C@@H]3CCC4=CC(=O)CC[C@]4(C)[C@@]3(F)[C@@H](O)C[C@]2(C)[C@H]1C(=O)C(=O)O. The Morgan fingerprint density at radius 2 is 1.89 bits per heavy atom. The monoisotopic (exact) mass is 392 g/mol. The average molecular weight is 392 g/mol. The van der Waals surface area contributed by atoms with Crippen LogP contribution in [-0.4, -0.2) is 39.5 Å². The number of carboxylic acids is 1. The van der Waals surface area contributed by atoms with Crippen molar-refractivity contribution in [3.63, 3.8) is 0 Å². The number of ketones is 2. The fourth-order valence-corrected chi connectivity index (χ4v) is 7.63. The first kappa shape index (κ1) is 19.7. The summed E-state index contributed by atoms with van der Waals surface area (Å²) in [5.74, 6) is -3.70. The number of hydrogen-bond donors (Lipinski definition) is 2. The van der Waals surface area contributed by atoms with Crippen LogP contribution in [0.2, 0.25) is 0 Å². The third kappa shape index (κ3) is 2.24. The second kappa shape index (κ2) is 5.97. The van der Waals surface area contributed by atoms with E-state index < -0.39 is 46.2 Å². The van der Waals surface area contributed by atoms with Gasteiger partial charge in [0.1, 0.15) is 5.67 Å². The van der Waals surface area contributed by atoms with Crippen LogP contribution in [0.4, 0.5) is 4.39 Å². The molecule has 28 heavy (non-hydrogen) atoms. The normalized spacial score (nSPS) is 50.2. The number of carbonyl (C=O) groups is 3. The molecule has 0 bridgehead atoms. The first-order valence-corrected chi connectivity index (χ1v) is 10.3. The highest BCUT2D eigenvalue weighted by Crippen LogP contribution is 2.70. The summed E-state index contributed by atoms with van der Waals surface area (Å²) >= 11 is 0. The molecule has 4 rings (SSSR count). The van der Waals surface area contributed by atoms with Crippen LogP contribution in [-0.2, 0) is 14.4 Å². The standard InChI is InChI=1S/C22H29FO5/c1-11-8-15-14-5-4-12-9-13(24)6-7-21(12,3)22(14,23)16(25)10-20(15,2)17(11)18(26)19(27)28/h9,11,14-17,25H,4-8,10H2,1-3H3,(H,27,28)/t11-,14+,15+,16+,17-,20+,21+,22+/m1/s1. The smallest absolute Gasteiger partial charge is 0.372 e. The van der Waals surface area contributed by atoms with E-state index in [1.807, 2.05) is 20.8 Å². The van der Waals surface area contributed by atoms with Crippen LogP contribution in [0.5, 0.6) is 0 Å². The lowest BCUT2D eigenvalue weighted by Gasteiger charge is -2.62.